The van der Waals surface area contributed by atoms with Crippen LogP contribution in [0.3, 0.4) is 0 Å². The summed E-state index contributed by atoms with van der Waals surface area (Å²) in [5.41, 5.74) is -1.66. The molecule has 200 valence electrons. The van der Waals surface area contributed by atoms with Crippen LogP contribution in [0.5, 0.6) is 0 Å². The largest absolute Gasteiger partial charge is 0.478 e. The zero-order valence-corrected chi connectivity index (χ0v) is 20.1. The molecule has 12 heteroatoms. The number of carboxylic acids is 1. The van der Waals surface area contributed by atoms with E-state index in [9.17, 15) is 39.6 Å². The van der Waals surface area contributed by atoms with Gasteiger partial charge in [-0.3, -0.25) is 0 Å². The van der Waals surface area contributed by atoms with E-state index in [0.29, 0.717) is 23.3 Å². The van der Waals surface area contributed by atoms with Gasteiger partial charge in [-0.1, -0.05) is 42.5 Å². The van der Waals surface area contributed by atoms with Crippen molar-refractivity contribution in [3.8, 4) is 11.1 Å². The Morgan fingerprint density at radius 3 is 2.18 bits per heavy atom. The van der Waals surface area contributed by atoms with E-state index in [0.717, 1.165) is 35.9 Å². The molecule has 0 spiro atoms. The van der Waals surface area contributed by atoms with Crippen LogP contribution in [0.4, 0.5) is 26.3 Å². The van der Waals surface area contributed by atoms with Gasteiger partial charge in [-0.15, -0.1) is 0 Å². The van der Waals surface area contributed by atoms with Crippen molar-refractivity contribution < 1.29 is 44.7 Å². The van der Waals surface area contributed by atoms with Gasteiger partial charge in [0, 0.05) is 12.1 Å². The Kier molecular flexibility index (Phi) is 7.15. The predicted molar refractivity (Wildman–Crippen MR) is 127 cm³/mol. The van der Waals surface area contributed by atoms with Crippen molar-refractivity contribution in [1.82, 2.24) is 4.72 Å². The fourth-order valence-electron chi connectivity index (χ4n) is 4.41. The third-order valence-electron chi connectivity index (χ3n) is 6.02. The smallest absolute Gasteiger partial charge is 0.417 e. The highest BCUT2D eigenvalue weighted by molar-refractivity contribution is 7.89. The van der Waals surface area contributed by atoms with Gasteiger partial charge in [0.15, 0.2) is 0 Å². The molecule has 3 aromatic rings. The first-order valence-corrected chi connectivity index (χ1v) is 12.6. The van der Waals surface area contributed by atoms with E-state index in [4.69, 9.17) is 5.11 Å². The Bertz CT molecular complexity index is 1530. The summed E-state index contributed by atoms with van der Waals surface area (Å²) in [5, 5.41) is 8.76. The highest BCUT2D eigenvalue weighted by Crippen LogP contribution is 2.41. The van der Waals surface area contributed by atoms with Gasteiger partial charge in [0.2, 0.25) is 10.0 Å². The Labute approximate surface area is 213 Å². The van der Waals surface area contributed by atoms with E-state index >= 15 is 0 Å². The van der Waals surface area contributed by atoms with Crippen LogP contribution in [0.1, 0.15) is 27.8 Å². The zero-order valence-electron chi connectivity index (χ0n) is 19.3. The second-order valence-electron chi connectivity index (χ2n) is 8.68. The number of carboxylic acid groups (broad SMARTS) is 1. The molecule has 0 radical (unpaired) electrons. The van der Waals surface area contributed by atoms with Crippen molar-refractivity contribution in [2.24, 2.45) is 0 Å². The van der Waals surface area contributed by atoms with Crippen molar-refractivity contribution >= 4 is 22.1 Å². The molecule has 0 aromatic heterocycles. The van der Waals surface area contributed by atoms with Gasteiger partial charge in [0.25, 0.3) is 0 Å². The third kappa shape index (κ3) is 5.91. The highest BCUT2D eigenvalue weighted by Gasteiger charge is 2.40. The number of nitrogens with one attached hydrogen (secondary N) is 1. The number of aliphatic carboxylic acids is 1. The quantitative estimate of drug-likeness (QED) is 0.292. The molecule has 1 unspecified atom stereocenters. The third-order valence-corrected chi connectivity index (χ3v) is 7.60. The SMILES string of the molecule is O=C(O)C=Cc1ccc2c(c1)CC(NS(=O)(=O)c1ccc(-c3ccccc3C(F)(F)F)cc1C(F)(F)F)C2. The summed E-state index contributed by atoms with van der Waals surface area (Å²) < 4.78 is 111. The summed E-state index contributed by atoms with van der Waals surface area (Å²) >= 11 is 0. The minimum Gasteiger partial charge on any atom is -0.478 e. The van der Waals surface area contributed by atoms with Crippen molar-refractivity contribution in [3.05, 3.63) is 94.6 Å². The number of halogens is 6. The Morgan fingerprint density at radius 1 is 0.868 bits per heavy atom. The van der Waals surface area contributed by atoms with Gasteiger partial charge in [-0.25, -0.2) is 17.9 Å². The normalized spacial score (nSPS) is 16.1. The highest BCUT2D eigenvalue weighted by atomic mass is 32.2. The number of fused-ring (bicyclic) bond motifs is 1. The van der Waals surface area contributed by atoms with Crippen molar-refractivity contribution in [3.63, 3.8) is 0 Å². The lowest BCUT2D eigenvalue weighted by Gasteiger charge is -2.19. The summed E-state index contributed by atoms with van der Waals surface area (Å²) in [7, 11) is -4.73. The van der Waals surface area contributed by atoms with E-state index in [1.165, 1.54) is 12.1 Å². The molecule has 1 aliphatic carbocycles. The van der Waals surface area contributed by atoms with E-state index < -0.39 is 61.5 Å². The molecule has 0 saturated carbocycles. The molecule has 1 atom stereocenters. The summed E-state index contributed by atoms with van der Waals surface area (Å²) in [6.45, 7) is 0. The van der Waals surface area contributed by atoms with Gasteiger partial charge < -0.3 is 5.11 Å². The fourth-order valence-corrected chi connectivity index (χ4v) is 5.85. The Hall–Kier alpha value is -3.64. The fraction of sp³-hybridized carbons (Fsp3) is 0.192. The lowest BCUT2D eigenvalue weighted by molar-refractivity contribution is -0.140. The maximum Gasteiger partial charge on any atom is 0.417 e. The van der Waals surface area contributed by atoms with Gasteiger partial charge in [-0.05, 0) is 64.9 Å². The number of sulfonamides is 1. The van der Waals surface area contributed by atoms with Gasteiger partial charge in [0.05, 0.1) is 16.0 Å². The molecule has 0 aliphatic heterocycles. The van der Waals surface area contributed by atoms with Crippen molar-refractivity contribution in [2.45, 2.75) is 36.1 Å². The number of alkyl halides is 6. The molecular formula is C26H19F6NO4S. The van der Waals surface area contributed by atoms with Gasteiger partial charge in [0.1, 0.15) is 0 Å². The second kappa shape index (κ2) is 9.91. The van der Waals surface area contributed by atoms with Crippen LogP contribution < -0.4 is 4.72 Å². The topological polar surface area (TPSA) is 83.5 Å². The molecule has 5 nitrogen and oxygen atoms in total. The zero-order chi connectivity index (χ0) is 27.9. The molecule has 1 aliphatic rings. The lowest BCUT2D eigenvalue weighted by atomic mass is 9.97. The van der Waals surface area contributed by atoms with Crippen LogP contribution in [-0.2, 0) is 40.0 Å². The van der Waals surface area contributed by atoms with Crippen LogP contribution in [0.15, 0.2) is 71.6 Å². The molecule has 0 bridgehead atoms. The number of benzene rings is 3. The minimum absolute atomic E-state index is 0.154. The Morgan fingerprint density at radius 2 is 1.53 bits per heavy atom. The molecule has 0 saturated heterocycles. The van der Waals surface area contributed by atoms with Crippen LogP contribution in [0, 0.1) is 0 Å². The lowest BCUT2D eigenvalue weighted by Crippen LogP contribution is -2.36. The molecule has 0 amide bonds. The first-order valence-electron chi connectivity index (χ1n) is 11.1. The monoisotopic (exact) mass is 555 g/mol. The van der Waals surface area contributed by atoms with Gasteiger partial charge in [-0.2, -0.15) is 26.3 Å². The molecule has 4 rings (SSSR count). The van der Waals surface area contributed by atoms with Crippen molar-refractivity contribution in [2.75, 3.05) is 0 Å². The molecule has 38 heavy (non-hydrogen) atoms. The second-order valence-corrected chi connectivity index (χ2v) is 10.4. The average molecular weight is 555 g/mol. The molecular weight excluding hydrogens is 536 g/mol. The van der Waals surface area contributed by atoms with Gasteiger partial charge >= 0.3 is 18.3 Å². The van der Waals surface area contributed by atoms with E-state index in [1.807, 2.05) is 0 Å². The molecule has 3 aromatic carbocycles. The number of carbonyl (C=O) groups is 1. The molecule has 0 fully saturated rings. The van der Waals surface area contributed by atoms with E-state index in [-0.39, 0.29) is 12.8 Å². The number of rotatable bonds is 6. The van der Waals surface area contributed by atoms with Crippen LogP contribution in [0.2, 0.25) is 0 Å². The summed E-state index contributed by atoms with van der Waals surface area (Å²) in [6.07, 6.45) is -7.36. The first kappa shape index (κ1) is 27.4. The van der Waals surface area contributed by atoms with Crippen molar-refractivity contribution in [1.29, 1.82) is 0 Å². The van der Waals surface area contributed by atoms with E-state index in [2.05, 4.69) is 4.72 Å². The van der Waals surface area contributed by atoms with Crippen LogP contribution in [-0.4, -0.2) is 25.5 Å². The summed E-state index contributed by atoms with van der Waals surface area (Å²) in [5.74, 6) is -1.15. The number of hydrogen-bond donors (Lipinski definition) is 2. The molecule has 2 N–H and O–H groups in total. The Balaban J connectivity index is 1.65. The summed E-state index contributed by atoms with van der Waals surface area (Å²) in [6, 6.07) is 10.3. The maximum atomic E-state index is 13.9. The maximum absolute atomic E-state index is 13.9. The first-order chi connectivity index (χ1) is 17.6. The van der Waals surface area contributed by atoms with Crippen LogP contribution >= 0.6 is 0 Å². The standard InChI is InChI=1S/C26H19F6NO4S/c27-25(28,29)21-4-2-1-3-20(21)17-8-9-23(22(14-17)26(30,31)32)38(36,37)33-19-12-16-7-5-15(6-10-24(34)35)11-18(16)13-19/h1-11,14,19,33H,12-13H2,(H,34,35). The summed E-state index contributed by atoms with van der Waals surface area (Å²) in [4.78, 5) is 9.62. The minimum atomic E-state index is -5.17. The molecule has 0 heterocycles. The van der Waals surface area contributed by atoms with Crippen LogP contribution in [0.25, 0.3) is 17.2 Å². The predicted octanol–water partition coefficient (Wildman–Crippen LogP) is 5.93. The van der Waals surface area contributed by atoms with E-state index in [1.54, 1.807) is 18.2 Å². The number of hydrogen-bond acceptors (Lipinski definition) is 3. The average Bonchev–Trinajstić information content (AvgIpc) is 3.22.